The predicted octanol–water partition coefficient (Wildman–Crippen LogP) is 5.09. The van der Waals surface area contributed by atoms with Crippen molar-refractivity contribution in [2.45, 2.75) is 104 Å². The Bertz CT molecular complexity index is 761. The van der Waals surface area contributed by atoms with Gasteiger partial charge in [-0.05, 0) is 86.3 Å². The van der Waals surface area contributed by atoms with Gasteiger partial charge in [-0.15, -0.1) is 0 Å². The monoisotopic (exact) mass is 460 g/mol. The summed E-state index contributed by atoms with van der Waals surface area (Å²) in [6.07, 6.45) is 7.89. The molecule has 0 spiro atoms. The third-order valence-electron chi connectivity index (χ3n) is 7.92. The number of rotatable bonds is 12. The second kappa shape index (κ2) is 12.2. The Morgan fingerprint density at radius 1 is 1.15 bits per heavy atom. The number of aliphatic hydroxyl groups excluding tert-OH is 2. The minimum Gasteiger partial charge on any atom is -0.482 e. The van der Waals surface area contributed by atoms with E-state index in [4.69, 9.17) is 9.47 Å². The molecule has 0 amide bonds. The average Bonchev–Trinajstić information content (AvgIpc) is 3.08. The smallest absolute Gasteiger partial charge is 0.344 e. The van der Waals surface area contributed by atoms with Crippen LogP contribution in [-0.4, -0.2) is 41.1 Å². The number of hydrogen-bond donors (Lipinski definition) is 2. The third kappa shape index (κ3) is 6.95. The van der Waals surface area contributed by atoms with E-state index < -0.39 is 0 Å². The first-order chi connectivity index (χ1) is 15.8. The number of carbonyl (C=O) groups is 1. The molecular weight excluding hydrogens is 416 g/mol. The third-order valence-corrected chi connectivity index (χ3v) is 7.92. The predicted molar refractivity (Wildman–Crippen MR) is 130 cm³/mol. The molecule has 0 radical (unpaired) electrons. The van der Waals surface area contributed by atoms with Gasteiger partial charge in [-0.1, -0.05) is 52.2 Å². The van der Waals surface area contributed by atoms with E-state index in [2.05, 4.69) is 13.0 Å². The molecule has 0 aliphatic heterocycles. The van der Waals surface area contributed by atoms with Gasteiger partial charge < -0.3 is 19.7 Å². The molecule has 2 aliphatic rings. The van der Waals surface area contributed by atoms with Crippen LogP contribution in [0.15, 0.2) is 18.2 Å². The van der Waals surface area contributed by atoms with Gasteiger partial charge in [-0.2, -0.15) is 0 Å². The van der Waals surface area contributed by atoms with Crippen molar-refractivity contribution in [3.05, 3.63) is 29.3 Å². The zero-order valence-electron chi connectivity index (χ0n) is 21.0. The van der Waals surface area contributed by atoms with Crippen LogP contribution in [0.25, 0.3) is 0 Å². The quantitative estimate of drug-likeness (QED) is 0.336. The first kappa shape index (κ1) is 26.0. The summed E-state index contributed by atoms with van der Waals surface area (Å²) in [7, 11) is 0. The molecule has 2 aliphatic carbocycles. The van der Waals surface area contributed by atoms with E-state index in [1.165, 1.54) is 24.0 Å². The van der Waals surface area contributed by atoms with Crippen LogP contribution in [0.3, 0.4) is 0 Å². The van der Waals surface area contributed by atoms with Crippen molar-refractivity contribution in [2.75, 3.05) is 6.61 Å². The molecule has 5 heteroatoms. The molecule has 0 heterocycles. The van der Waals surface area contributed by atoms with E-state index in [0.29, 0.717) is 11.8 Å². The van der Waals surface area contributed by atoms with Crippen LogP contribution in [-0.2, 0) is 22.4 Å². The van der Waals surface area contributed by atoms with Crippen LogP contribution >= 0.6 is 0 Å². The van der Waals surface area contributed by atoms with Crippen molar-refractivity contribution < 1.29 is 24.5 Å². The lowest BCUT2D eigenvalue weighted by molar-refractivity contribution is -0.152. The summed E-state index contributed by atoms with van der Waals surface area (Å²) in [6, 6.07) is 6.08. The molecule has 33 heavy (non-hydrogen) atoms. The van der Waals surface area contributed by atoms with E-state index in [9.17, 15) is 15.0 Å². The number of hydrogen-bond acceptors (Lipinski definition) is 5. The Morgan fingerprint density at radius 3 is 2.67 bits per heavy atom. The van der Waals surface area contributed by atoms with Crippen molar-refractivity contribution in [1.29, 1.82) is 0 Å². The van der Waals surface area contributed by atoms with Gasteiger partial charge in [-0.3, -0.25) is 0 Å². The van der Waals surface area contributed by atoms with Crippen molar-refractivity contribution >= 4 is 5.97 Å². The summed E-state index contributed by atoms with van der Waals surface area (Å²) in [5, 5.41) is 21.2. The van der Waals surface area contributed by atoms with Crippen LogP contribution in [0.5, 0.6) is 5.75 Å². The van der Waals surface area contributed by atoms with Crippen LogP contribution in [0.1, 0.15) is 83.8 Å². The van der Waals surface area contributed by atoms with Crippen LogP contribution in [0, 0.1) is 23.7 Å². The Hall–Kier alpha value is -1.59. The fraction of sp³-hybridized carbons (Fsp3) is 0.750. The van der Waals surface area contributed by atoms with E-state index in [-0.39, 0.29) is 42.7 Å². The molecule has 5 nitrogen and oxygen atoms in total. The highest BCUT2D eigenvalue weighted by molar-refractivity contribution is 5.71. The second-order valence-electron chi connectivity index (χ2n) is 10.6. The number of ether oxygens (including phenoxy) is 2. The Labute approximate surface area is 199 Å². The number of esters is 1. The van der Waals surface area contributed by atoms with Gasteiger partial charge in [0, 0.05) is 0 Å². The molecule has 3 rings (SSSR count). The van der Waals surface area contributed by atoms with Crippen molar-refractivity contribution in [3.8, 4) is 5.75 Å². The van der Waals surface area contributed by atoms with Gasteiger partial charge in [0.15, 0.2) is 6.61 Å². The maximum Gasteiger partial charge on any atom is 0.344 e. The highest BCUT2D eigenvalue weighted by atomic mass is 16.6. The molecule has 2 N–H and O–H groups in total. The highest BCUT2D eigenvalue weighted by Crippen LogP contribution is 2.48. The zero-order valence-corrected chi connectivity index (χ0v) is 21.0. The number of fused-ring (bicyclic) bond motifs is 2. The minimum absolute atomic E-state index is 0.0806. The standard InChI is InChI=1S/C28H44O5/c1-5-6-7-10-22(29)12-13-23-24-14-20-9-8-11-27(25(20)15-21(24)16-26(23)30)32-17-28(31)33-19(4)18(2)3/h8-9,11,18-19,21-24,26,29-30H,5-7,10,12-17H2,1-4H3/t19-,21-,22-,23+,24-,26+/m0/s1. The minimum atomic E-state index is -0.337. The molecule has 0 aromatic heterocycles. The first-order valence-electron chi connectivity index (χ1n) is 13.1. The molecule has 0 unspecified atom stereocenters. The first-order valence-corrected chi connectivity index (χ1v) is 13.1. The van der Waals surface area contributed by atoms with Gasteiger partial charge in [0.05, 0.1) is 12.2 Å². The Balaban J connectivity index is 1.58. The lowest BCUT2D eigenvalue weighted by atomic mass is 9.73. The maximum absolute atomic E-state index is 12.2. The average molecular weight is 461 g/mol. The van der Waals surface area contributed by atoms with Gasteiger partial charge >= 0.3 is 5.97 Å². The fourth-order valence-electron chi connectivity index (χ4n) is 5.61. The number of unbranched alkanes of at least 4 members (excludes halogenated alkanes) is 2. The summed E-state index contributed by atoms with van der Waals surface area (Å²) in [5.41, 5.74) is 2.44. The number of carbonyl (C=O) groups excluding carboxylic acids is 1. The normalized spacial score (nSPS) is 25.9. The topological polar surface area (TPSA) is 76.0 Å². The molecule has 1 saturated carbocycles. The molecular formula is C28H44O5. The molecule has 0 bridgehead atoms. The summed E-state index contributed by atoms with van der Waals surface area (Å²) in [4.78, 5) is 12.2. The lowest BCUT2D eigenvalue weighted by Gasteiger charge is -2.32. The fourth-order valence-corrected chi connectivity index (χ4v) is 5.61. The molecule has 1 fully saturated rings. The highest BCUT2D eigenvalue weighted by Gasteiger charge is 2.44. The Kier molecular flexibility index (Phi) is 9.63. The van der Waals surface area contributed by atoms with Gasteiger partial charge in [-0.25, -0.2) is 4.79 Å². The summed E-state index contributed by atoms with van der Waals surface area (Å²) < 4.78 is 11.3. The zero-order chi connectivity index (χ0) is 24.0. The summed E-state index contributed by atoms with van der Waals surface area (Å²) in [6.45, 7) is 8.05. The summed E-state index contributed by atoms with van der Waals surface area (Å²) >= 11 is 0. The molecule has 186 valence electrons. The molecule has 6 atom stereocenters. The molecule has 0 saturated heterocycles. The number of benzene rings is 1. The SMILES string of the molecule is CCCCC[C@H](O)CC[C@@H]1[C@H]2Cc3cccc(OCC(=O)O[C@@H](C)C(C)C)c3C[C@H]2C[C@H]1O. The second-order valence-corrected chi connectivity index (χ2v) is 10.6. The molecule has 1 aromatic carbocycles. The van der Waals surface area contributed by atoms with E-state index in [1.807, 2.05) is 32.9 Å². The van der Waals surface area contributed by atoms with Gasteiger partial charge in [0.1, 0.15) is 11.9 Å². The molecule has 1 aromatic rings. The van der Waals surface area contributed by atoms with Gasteiger partial charge in [0.2, 0.25) is 0 Å². The van der Waals surface area contributed by atoms with Crippen LogP contribution < -0.4 is 4.74 Å². The van der Waals surface area contributed by atoms with Crippen molar-refractivity contribution in [3.63, 3.8) is 0 Å². The van der Waals surface area contributed by atoms with Gasteiger partial charge in [0.25, 0.3) is 0 Å². The number of aliphatic hydroxyl groups is 2. The Morgan fingerprint density at radius 2 is 1.94 bits per heavy atom. The summed E-state index contributed by atoms with van der Waals surface area (Å²) in [5.74, 6) is 1.83. The van der Waals surface area contributed by atoms with Crippen molar-refractivity contribution in [1.82, 2.24) is 0 Å². The van der Waals surface area contributed by atoms with Crippen LogP contribution in [0.4, 0.5) is 0 Å². The van der Waals surface area contributed by atoms with Crippen molar-refractivity contribution in [2.24, 2.45) is 23.7 Å². The van der Waals surface area contributed by atoms with E-state index in [1.54, 1.807) is 0 Å². The largest absolute Gasteiger partial charge is 0.482 e. The van der Waals surface area contributed by atoms with E-state index >= 15 is 0 Å². The van der Waals surface area contributed by atoms with E-state index in [0.717, 1.165) is 50.7 Å². The van der Waals surface area contributed by atoms with Crippen LogP contribution in [0.2, 0.25) is 0 Å². The lowest BCUT2D eigenvalue weighted by Crippen LogP contribution is -2.28. The maximum atomic E-state index is 12.2.